The SMILES string of the molecule is CCc1cccc(CC)c1NC(=O)N[C@@H](C)C(C)C. The van der Waals surface area contributed by atoms with Crippen LogP contribution in [-0.4, -0.2) is 12.1 Å². The van der Waals surface area contributed by atoms with Crippen molar-refractivity contribution in [3.05, 3.63) is 29.3 Å². The molecule has 1 rings (SSSR count). The molecule has 0 aromatic heterocycles. The van der Waals surface area contributed by atoms with E-state index in [1.165, 1.54) is 11.1 Å². The molecular formula is C16H26N2O. The van der Waals surface area contributed by atoms with Crippen LogP contribution in [0, 0.1) is 5.92 Å². The van der Waals surface area contributed by atoms with Gasteiger partial charge < -0.3 is 10.6 Å². The van der Waals surface area contributed by atoms with Gasteiger partial charge in [0.05, 0.1) is 0 Å². The number of anilines is 1. The first-order chi connectivity index (χ1) is 8.99. The number of carbonyl (C=O) groups is 1. The number of benzene rings is 1. The lowest BCUT2D eigenvalue weighted by Gasteiger charge is -2.20. The minimum Gasteiger partial charge on any atom is -0.335 e. The zero-order chi connectivity index (χ0) is 14.4. The second-order valence-corrected chi connectivity index (χ2v) is 5.29. The van der Waals surface area contributed by atoms with E-state index in [-0.39, 0.29) is 12.1 Å². The van der Waals surface area contributed by atoms with Crippen molar-refractivity contribution < 1.29 is 4.79 Å². The van der Waals surface area contributed by atoms with Gasteiger partial charge in [-0.2, -0.15) is 0 Å². The van der Waals surface area contributed by atoms with E-state index in [2.05, 4.69) is 56.5 Å². The van der Waals surface area contributed by atoms with Crippen LogP contribution in [0.5, 0.6) is 0 Å². The van der Waals surface area contributed by atoms with E-state index in [9.17, 15) is 4.79 Å². The van der Waals surface area contributed by atoms with E-state index in [1.54, 1.807) is 0 Å². The number of nitrogens with one attached hydrogen (secondary N) is 2. The van der Waals surface area contributed by atoms with Crippen molar-refractivity contribution in [2.24, 2.45) is 5.92 Å². The minimum atomic E-state index is -0.114. The smallest absolute Gasteiger partial charge is 0.319 e. The molecule has 19 heavy (non-hydrogen) atoms. The van der Waals surface area contributed by atoms with Gasteiger partial charge in [0.1, 0.15) is 0 Å². The highest BCUT2D eigenvalue weighted by Crippen LogP contribution is 2.22. The van der Waals surface area contributed by atoms with Crippen molar-refractivity contribution >= 4 is 11.7 Å². The predicted octanol–water partition coefficient (Wildman–Crippen LogP) is 3.98. The number of urea groups is 1. The van der Waals surface area contributed by atoms with E-state index in [1.807, 2.05) is 6.92 Å². The Hall–Kier alpha value is -1.51. The van der Waals surface area contributed by atoms with Gasteiger partial charge >= 0.3 is 6.03 Å². The summed E-state index contributed by atoms with van der Waals surface area (Å²) in [7, 11) is 0. The summed E-state index contributed by atoms with van der Waals surface area (Å²) in [6.07, 6.45) is 1.84. The fourth-order valence-corrected chi connectivity index (χ4v) is 1.93. The molecule has 106 valence electrons. The highest BCUT2D eigenvalue weighted by molar-refractivity contribution is 5.91. The molecular weight excluding hydrogens is 236 g/mol. The third-order valence-electron chi connectivity index (χ3n) is 3.60. The summed E-state index contributed by atoms with van der Waals surface area (Å²) in [6, 6.07) is 6.24. The first kappa shape index (κ1) is 15.5. The van der Waals surface area contributed by atoms with Crippen LogP contribution in [0.3, 0.4) is 0 Å². The van der Waals surface area contributed by atoms with Crippen LogP contribution >= 0.6 is 0 Å². The van der Waals surface area contributed by atoms with Gasteiger partial charge in [-0.3, -0.25) is 0 Å². The van der Waals surface area contributed by atoms with Crippen LogP contribution in [-0.2, 0) is 12.8 Å². The summed E-state index contributed by atoms with van der Waals surface area (Å²) in [5.74, 6) is 0.429. The van der Waals surface area contributed by atoms with Crippen molar-refractivity contribution in [2.45, 2.75) is 53.5 Å². The highest BCUT2D eigenvalue weighted by Gasteiger charge is 2.13. The molecule has 0 aliphatic heterocycles. The number of hydrogen-bond donors (Lipinski definition) is 2. The van der Waals surface area contributed by atoms with Gasteiger partial charge in [-0.15, -0.1) is 0 Å². The van der Waals surface area contributed by atoms with Crippen LogP contribution in [0.2, 0.25) is 0 Å². The number of carbonyl (C=O) groups excluding carboxylic acids is 1. The van der Waals surface area contributed by atoms with Gasteiger partial charge in [-0.25, -0.2) is 4.79 Å². The maximum Gasteiger partial charge on any atom is 0.319 e. The Morgan fingerprint density at radius 2 is 1.63 bits per heavy atom. The monoisotopic (exact) mass is 262 g/mol. The number of amides is 2. The van der Waals surface area contributed by atoms with Crippen LogP contribution in [0.15, 0.2) is 18.2 Å². The third kappa shape index (κ3) is 4.27. The number of hydrogen-bond acceptors (Lipinski definition) is 1. The lowest BCUT2D eigenvalue weighted by molar-refractivity contribution is 0.246. The average Bonchev–Trinajstić information content (AvgIpc) is 2.38. The predicted molar refractivity (Wildman–Crippen MR) is 81.7 cm³/mol. The van der Waals surface area contributed by atoms with Gasteiger partial charge in [-0.05, 0) is 36.8 Å². The van der Waals surface area contributed by atoms with Crippen LogP contribution < -0.4 is 10.6 Å². The molecule has 0 spiro atoms. The Balaban J connectivity index is 2.83. The molecule has 2 amide bonds. The normalized spacial score (nSPS) is 12.3. The minimum absolute atomic E-state index is 0.114. The highest BCUT2D eigenvalue weighted by atomic mass is 16.2. The van der Waals surface area contributed by atoms with Gasteiger partial charge in [0.25, 0.3) is 0 Å². The Labute approximate surface area is 116 Å². The van der Waals surface area contributed by atoms with Crippen LogP contribution in [0.1, 0.15) is 45.7 Å². The van der Waals surface area contributed by atoms with E-state index in [0.29, 0.717) is 5.92 Å². The third-order valence-corrected chi connectivity index (χ3v) is 3.60. The first-order valence-electron chi connectivity index (χ1n) is 7.17. The molecule has 1 aromatic rings. The zero-order valence-corrected chi connectivity index (χ0v) is 12.7. The molecule has 1 aromatic carbocycles. The fraction of sp³-hybridized carbons (Fsp3) is 0.562. The van der Waals surface area contributed by atoms with Gasteiger partial charge in [0.2, 0.25) is 0 Å². The molecule has 0 saturated carbocycles. The average molecular weight is 262 g/mol. The Morgan fingerprint density at radius 3 is 2.05 bits per heavy atom. The molecule has 2 N–H and O–H groups in total. The molecule has 0 aliphatic rings. The topological polar surface area (TPSA) is 41.1 Å². The second kappa shape index (κ2) is 7.17. The molecule has 3 heteroatoms. The number of rotatable bonds is 5. The van der Waals surface area contributed by atoms with Crippen LogP contribution in [0.25, 0.3) is 0 Å². The molecule has 0 aliphatic carbocycles. The molecule has 0 bridgehead atoms. The Kier molecular flexibility index (Phi) is 5.87. The second-order valence-electron chi connectivity index (χ2n) is 5.29. The van der Waals surface area contributed by atoms with Gasteiger partial charge in [0, 0.05) is 11.7 Å². The molecule has 3 nitrogen and oxygen atoms in total. The summed E-state index contributed by atoms with van der Waals surface area (Å²) >= 11 is 0. The number of para-hydroxylation sites is 1. The summed E-state index contributed by atoms with van der Waals surface area (Å²) in [6.45, 7) is 10.4. The van der Waals surface area contributed by atoms with E-state index >= 15 is 0 Å². The van der Waals surface area contributed by atoms with E-state index in [0.717, 1.165) is 18.5 Å². The fourth-order valence-electron chi connectivity index (χ4n) is 1.93. The van der Waals surface area contributed by atoms with Crippen molar-refractivity contribution in [1.82, 2.24) is 5.32 Å². The number of aryl methyl sites for hydroxylation is 2. The standard InChI is InChI=1S/C16H26N2O/c1-6-13-9-8-10-14(7-2)15(13)18-16(19)17-12(5)11(3)4/h8-12H,6-7H2,1-5H3,(H2,17,18,19)/t12-/m0/s1. The van der Waals surface area contributed by atoms with E-state index < -0.39 is 0 Å². The quantitative estimate of drug-likeness (QED) is 0.828. The van der Waals surface area contributed by atoms with Crippen molar-refractivity contribution in [2.75, 3.05) is 5.32 Å². The van der Waals surface area contributed by atoms with Crippen molar-refractivity contribution in [3.63, 3.8) is 0 Å². The van der Waals surface area contributed by atoms with Gasteiger partial charge in [-0.1, -0.05) is 45.9 Å². The van der Waals surface area contributed by atoms with Crippen molar-refractivity contribution in [1.29, 1.82) is 0 Å². The summed E-state index contributed by atoms with van der Waals surface area (Å²) < 4.78 is 0. The maximum absolute atomic E-state index is 12.0. The molecule has 0 fully saturated rings. The summed E-state index contributed by atoms with van der Waals surface area (Å²) in [5, 5.41) is 6.00. The molecule has 1 atom stereocenters. The lowest BCUT2D eigenvalue weighted by Crippen LogP contribution is -2.39. The maximum atomic E-state index is 12.0. The Morgan fingerprint density at radius 1 is 1.11 bits per heavy atom. The van der Waals surface area contributed by atoms with Gasteiger partial charge in [0.15, 0.2) is 0 Å². The first-order valence-corrected chi connectivity index (χ1v) is 7.17. The zero-order valence-electron chi connectivity index (χ0n) is 12.7. The Bertz CT molecular complexity index is 405. The molecule has 0 unspecified atom stereocenters. The lowest BCUT2D eigenvalue weighted by atomic mass is 10.0. The summed E-state index contributed by atoms with van der Waals surface area (Å²) in [5.41, 5.74) is 3.35. The molecule has 0 saturated heterocycles. The largest absolute Gasteiger partial charge is 0.335 e. The van der Waals surface area contributed by atoms with Crippen LogP contribution in [0.4, 0.5) is 10.5 Å². The summed E-state index contributed by atoms with van der Waals surface area (Å²) in [4.78, 5) is 12.0. The van der Waals surface area contributed by atoms with Crippen molar-refractivity contribution in [3.8, 4) is 0 Å². The molecule has 0 heterocycles. The molecule has 0 radical (unpaired) electrons. The van der Waals surface area contributed by atoms with E-state index in [4.69, 9.17) is 0 Å².